The van der Waals surface area contributed by atoms with Crippen LogP contribution in [0.4, 0.5) is 16.5 Å². The van der Waals surface area contributed by atoms with Crippen molar-refractivity contribution in [3.05, 3.63) is 72.8 Å². The van der Waals surface area contributed by atoms with Crippen LogP contribution >= 0.6 is 11.3 Å². The standard InChI is InChI=1S/C23H22N4OS/c1-15(2)28-19-13-9-16(10-14-19)20-5-3-4-6-21(20)25-18-11-7-17(8-12-18)22-26-27-23(24)29-22/h3-15,25H,1-2H3,(H2,24,27). The zero-order chi connectivity index (χ0) is 20.2. The molecule has 0 aliphatic rings. The van der Waals surface area contributed by atoms with Gasteiger partial charge >= 0.3 is 0 Å². The summed E-state index contributed by atoms with van der Waals surface area (Å²) in [5, 5.41) is 12.8. The smallest absolute Gasteiger partial charge is 0.203 e. The Morgan fingerprint density at radius 1 is 0.862 bits per heavy atom. The molecule has 0 bridgehead atoms. The van der Waals surface area contributed by atoms with E-state index in [2.05, 4.69) is 39.8 Å². The van der Waals surface area contributed by atoms with Crippen LogP contribution in [0.5, 0.6) is 5.75 Å². The van der Waals surface area contributed by atoms with E-state index in [9.17, 15) is 0 Å². The number of anilines is 3. The molecule has 0 atom stereocenters. The molecule has 3 aromatic carbocycles. The predicted octanol–water partition coefficient (Wildman–Crippen LogP) is 5.99. The lowest BCUT2D eigenvalue weighted by Gasteiger charge is -2.14. The van der Waals surface area contributed by atoms with Gasteiger partial charge in [0.2, 0.25) is 5.13 Å². The molecular weight excluding hydrogens is 380 g/mol. The third kappa shape index (κ3) is 4.55. The molecule has 1 heterocycles. The molecule has 0 unspecified atom stereocenters. The molecule has 0 radical (unpaired) electrons. The van der Waals surface area contributed by atoms with Gasteiger partial charge in [0, 0.05) is 22.5 Å². The summed E-state index contributed by atoms with van der Waals surface area (Å²) in [4.78, 5) is 0. The van der Waals surface area contributed by atoms with Gasteiger partial charge in [0.25, 0.3) is 0 Å². The summed E-state index contributed by atoms with van der Waals surface area (Å²) in [7, 11) is 0. The minimum Gasteiger partial charge on any atom is -0.491 e. The number of rotatable bonds is 6. The maximum atomic E-state index is 5.75. The molecule has 0 aliphatic heterocycles. The highest BCUT2D eigenvalue weighted by molar-refractivity contribution is 7.18. The van der Waals surface area contributed by atoms with Gasteiger partial charge in [-0.3, -0.25) is 0 Å². The van der Waals surface area contributed by atoms with Crippen LogP contribution in [0, 0.1) is 0 Å². The summed E-state index contributed by atoms with van der Waals surface area (Å²) in [6.45, 7) is 4.05. The van der Waals surface area contributed by atoms with Crippen LogP contribution in [-0.4, -0.2) is 16.3 Å². The summed E-state index contributed by atoms with van der Waals surface area (Å²) >= 11 is 1.38. The number of hydrogen-bond donors (Lipinski definition) is 2. The third-order valence-corrected chi connectivity index (χ3v) is 5.12. The van der Waals surface area contributed by atoms with Crippen molar-refractivity contribution in [3.63, 3.8) is 0 Å². The highest BCUT2D eigenvalue weighted by atomic mass is 32.1. The number of hydrogen-bond acceptors (Lipinski definition) is 6. The lowest BCUT2D eigenvalue weighted by atomic mass is 10.0. The second kappa shape index (κ2) is 8.32. The zero-order valence-electron chi connectivity index (χ0n) is 16.3. The number of benzene rings is 3. The van der Waals surface area contributed by atoms with E-state index in [-0.39, 0.29) is 6.10 Å². The SMILES string of the molecule is CC(C)Oc1ccc(-c2ccccc2Nc2ccc(-c3nnc(N)s3)cc2)cc1. The average Bonchev–Trinajstić information content (AvgIpc) is 3.16. The number of para-hydroxylation sites is 1. The van der Waals surface area contributed by atoms with Gasteiger partial charge in [0.1, 0.15) is 10.8 Å². The maximum absolute atomic E-state index is 5.75. The fourth-order valence-electron chi connectivity index (χ4n) is 3.03. The molecule has 1 aromatic heterocycles. The van der Waals surface area contributed by atoms with Crippen LogP contribution < -0.4 is 15.8 Å². The number of ether oxygens (including phenoxy) is 1. The minimum atomic E-state index is 0.161. The molecule has 0 aliphatic carbocycles. The van der Waals surface area contributed by atoms with Gasteiger partial charge in [-0.1, -0.05) is 41.7 Å². The monoisotopic (exact) mass is 402 g/mol. The van der Waals surface area contributed by atoms with E-state index in [1.165, 1.54) is 11.3 Å². The molecule has 0 fully saturated rings. The van der Waals surface area contributed by atoms with E-state index in [1.807, 2.05) is 62.4 Å². The number of nitrogens with two attached hydrogens (primary N) is 1. The van der Waals surface area contributed by atoms with Gasteiger partial charge in [-0.05, 0) is 61.9 Å². The summed E-state index contributed by atoms with van der Waals surface area (Å²) in [5.74, 6) is 0.877. The van der Waals surface area contributed by atoms with Crippen molar-refractivity contribution in [1.29, 1.82) is 0 Å². The number of nitrogen functional groups attached to an aromatic ring is 1. The van der Waals surface area contributed by atoms with Gasteiger partial charge in [0.15, 0.2) is 0 Å². The Hall–Kier alpha value is -3.38. The largest absolute Gasteiger partial charge is 0.491 e. The first kappa shape index (κ1) is 19.0. The highest BCUT2D eigenvalue weighted by Gasteiger charge is 2.08. The first-order chi connectivity index (χ1) is 14.1. The van der Waals surface area contributed by atoms with E-state index < -0.39 is 0 Å². The Morgan fingerprint density at radius 3 is 2.21 bits per heavy atom. The predicted molar refractivity (Wildman–Crippen MR) is 121 cm³/mol. The Labute approximate surface area is 174 Å². The van der Waals surface area contributed by atoms with Crippen molar-refractivity contribution in [2.45, 2.75) is 20.0 Å². The normalized spacial score (nSPS) is 10.9. The quantitative estimate of drug-likeness (QED) is 0.415. The van der Waals surface area contributed by atoms with E-state index in [4.69, 9.17) is 10.5 Å². The Balaban J connectivity index is 1.55. The Morgan fingerprint density at radius 2 is 1.55 bits per heavy atom. The molecule has 0 amide bonds. The van der Waals surface area contributed by atoms with Crippen LogP contribution in [-0.2, 0) is 0 Å². The first-order valence-corrected chi connectivity index (χ1v) is 10.2. The van der Waals surface area contributed by atoms with Crippen molar-refractivity contribution in [1.82, 2.24) is 10.2 Å². The van der Waals surface area contributed by atoms with Gasteiger partial charge in [-0.2, -0.15) is 0 Å². The number of aromatic nitrogens is 2. The molecule has 0 saturated heterocycles. The summed E-state index contributed by atoms with van der Waals surface area (Å²) in [6, 6.07) is 24.5. The van der Waals surface area contributed by atoms with Crippen molar-refractivity contribution >= 4 is 27.8 Å². The maximum Gasteiger partial charge on any atom is 0.203 e. The molecule has 3 N–H and O–H groups in total. The Bertz CT molecular complexity index is 1090. The highest BCUT2D eigenvalue weighted by Crippen LogP contribution is 2.32. The first-order valence-electron chi connectivity index (χ1n) is 9.41. The van der Waals surface area contributed by atoms with Crippen LogP contribution in [0.2, 0.25) is 0 Å². The van der Waals surface area contributed by atoms with Crippen LogP contribution in [0.1, 0.15) is 13.8 Å². The second-order valence-corrected chi connectivity index (χ2v) is 7.89. The fourth-order valence-corrected chi connectivity index (χ4v) is 3.65. The van der Waals surface area contributed by atoms with Crippen LogP contribution in [0.15, 0.2) is 72.8 Å². The molecule has 29 heavy (non-hydrogen) atoms. The Kier molecular flexibility index (Phi) is 5.44. The molecule has 0 saturated carbocycles. The van der Waals surface area contributed by atoms with E-state index in [1.54, 1.807) is 0 Å². The summed E-state index contributed by atoms with van der Waals surface area (Å²) in [5.41, 5.74) is 11.0. The summed E-state index contributed by atoms with van der Waals surface area (Å²) in [6.07, 6.45) is 0.161. The van der Waals surface area contributed by atoms with E-state index in [0.717, 1.165) is 38.8 Å². The van der Waals surface area contributed by atoms with Crippen LogP contribution in [0.25, 0.3) is 21.7 Å². The van der Waals surface area contributed by atoms with Crippen LogP contribution in [0.3, 0.4) is 0 Å². The molecule has 6 heteroatoms. The molecule has 146 valence electrons. The molecule has 4 rings (SSSR count). The molecule has 5 nitrogen and oxygen atoms in total. The van der Waals surface area contributed by atoms with Gasteiger partial charge < -0.3 is 15.8 Å². The van der Waals surface area contributed by atoms with Crippen molar-refractivity contribution in [3.8, 4) is 27.4 Å². The minimum absolute atomic E-state index is 0.161. The average molecular weight is 403 g/mol. The third-order valence-electron chi connectivity index (χ3n) is 4.32. The summed E-state index contributed by atoms with van der Waals surface area (Å²) < 4.78 is 5.75. The van der Waals surface area contributed by atoms with Crippen molar-refractivity contribution in [2.24, 2.45) is 0 Å². The van der Waals surface area contributed by atoms with E-state index in [0.29, 0.717) is 5.13 Å². The van der Waals surface area contributed by atoms with Gasteiger partial charge in [0.05, 0.1) is 6.10 Å². The molecule has 4 aromatic rings. The fraction of sp³-hybridized carbons (Fsp3) is 0.130. The van der Waals surface area contributed by atoms with Crippen molar-refractivity contribution < 1.29 is 4.74 Å². The molecule has 0 spiro atoms. The van der Waals surface area contributed by atoms with E-state index >= 15 is 0 Å². The zero-order valence-corrected chi connectivity index (χ0v) is 17.1. The number of nitrogens with one attached hydrogen (secondary N) is 1. The van der Waals surface area contributed by atoms with Crippen molar-refractivity contribution in [2.75, 3.05) is 11.1 Å². The number of nitrogens with zero attached hydrogens (tertiary/aromatic N) is 2. The van der Waals surface area contributed by atoms with Gasteiger partial charge in [-0.25, -0.2) is 0 Å². The lowest BCUT2D eigenvalue weighted by Crippen LogP contribution is -2.05. The van der Waals surface area contributed by atoms with Gasteiger partial charge in [-0.15, -0.1) is 10.2 Å². The lowest BCUT2D eigenvalue weighted by molar-refractivity contribution is 0.242. The second-order valence-electron chi connectivity index (χ2n) is 6.88. The topological polar surface area (TPSA) is 73.1 Å². The molecular formula is C23H22N4OS.